The van der Waals surface area contributed by atoms with Crippen LogP contribution in [0.25, 0.3) is 22.2 Å². The number of nitro benzene ring substituents is 1. The molecule has 1 aliphatic heterocycles. The maximum atomic E-state index is 13.5. The topological polar surface area (TPSA) is 108 Å². The van der Waals surface area contributed by atoms with Gasteiger partial charge in [0.05, 0.1) is 46.1 Å². The van der Waals surface area contributed by atoms with Crippen LogP contribution >= 0.6 is 0 Å². The number of carbonyl (C=O) groups excluding carboxylic acids is 1. The molecule has 1 aliphatic carbocycles. The van der Waals surface area contributed by atoms with E-state index in [0.29, 0.717) is 40.2 Å². The average Bonchev–Trinajstić information content (AvgIpc) is 3.42. The molecule has 0 saturated carbocycles. The van der Waals surface area contributed by atoms with Crippen LogP contribution in [0.15, 0.2) is 35.3 Å². The quantitative estimate of drug-likeness (QED) is 0.339. The summed E-state index contributed by atoms with van der Waals surface area (Å²) in [4.78, 5) is 44.4. The Labute approximate surface area is 183 Å². The largest absolute Gasteiger partial charge is 0.495 e. The zero-order valence-electron chi connectivity index (χ0n) is 17.7. The van der Waals surface area contributed by atoms with Gasteiger partial charge >= 0.3 is 0 Å². The molecule has 0 radical (unpaired) electrons. The molecule has 1 aromatic carbocycles. The third-order valence-corrected chi connectivity index (χ3v) is 6.31. The molecule has 5 rings (SSSR count). The predicted octanol–water partition coefficient (Wildman–Crippen LogP) is 3.01. The molecule has 2 aliphatic rings. The fraction of sp³-hybridized carbons (Fsp3) is 0.348. The fourth-order valence-electron chi connectivity index (χ4n) is 4.75. The highest BCUT2D eigenvalue weighted by molar-refractivity contribution is 6.26. The lowest BCUT2D eigenvalue weighted by Crippen LogP contribution is -2.27. The summed E-state index contributed by atoms with van der Waals surface area (Å²) in [5, 5.41) is 11.9. The zero-order valence-corrected chi connectivity index (χ0v) is 17.7. The number of non-ortho nitro benzene ring substituents is 1. The van der Waals surface area contributed by atoms with Crippen LogP contribution in [-0.2, 0) is 6.54 Å². The summed E-state index contributed by atoms with van der Waals surface area (Å²) in [5.41, 5.74) is 1.15. The van der Waals surface area contributed by atoms with Crippen LogP contribution in [0.1, 0.15) is 35.2 Å². The van der Waals surface area contributed by atoms with Crippen molar-refractivity contribution in [1.82, 2.24) is 14.5 Å². The van der Waals surface area contributed by atoms with Crippen molar-refractivity contribution in [3.05, 3.63) is 62.1 Å². The van der Waals surface area contributed by atoms with Crippen molar-refractivity contribution in [2.75, 3.05) is 26.7 Å². The lowest BCUT2D eigenvalue weighted by Gasteiger charge is -2.17. The van der Waals surface area contributed by atoms with Crippen molar-refractivity contribution in [3.63, 3.8) is 0 Å². The first-order valence-electron chi connectivity index (χ1n) is 10.7. The minimum atomic E-state index is -0.535. The number of methoxy groups -OCH3 is 1. The molecular weight excluding hydrogens is 412 g/mol. The highest BCUT2D eigenvalue weighted by Crippen LogP contribution is 2.39. The number of carbonyl (C=O) groups is 1. The number of benzene rings is 1. The van der Waals surface area contributed by atoms with Crippen molar-refractivity contribution in [1.29, 1.82) is 0 Å². The number of nitrogens with zero attached hydrogens (tertiary/aromatic N) is 4. The Kier molecular flexibility index (Phi) is 4.97. The molecule has 0 N–H and O–H groups in total. The maximum absolute atomic E-state index is 13.5. The second-order valence-corrected chi connectivity index (χ2v) is 8.17. The first-order chi connectivity index (χ1) is 15.5. The lowest BCUT2D eigenvalue weighted by molar-refractivity contribution is -0.384. The Balaban J connectivity index is 1.69. The summed E-state index contributed by atoms with van der Waals surface area (Å²) in [6, 6.07) is 5.70. The second kappa shape index (κ2) is 7.83. The van der Waals surface area contributed by atoms with Gasteiger partial charge in [0.15, 0.2) is 5.78 Å². The SMILES string of the molecule is COc1cnc2c(c1)C(=O)c1c-2n(CCCN2CCCC2)c(=O)c2cc([N+](=O)[O-])ccc12. The number of ketones is 1. The molecule has 32 heavy (non-hydrogen) atoms. The van der Waals surface area contributed by atoms with Gasteiger partial charge in [-0.2, -0.15) is 0 Å². The smallest absolute Gasteiger partial charge is 0.270 e. The Morgan fingerprint density at radius 2 is 1.91 bits per heavy atom. The van der Waals surface area contributed by atoms with E-state index in [4.69, 9.17) is 4.74 Å². The van der Waals surface area contributed by atoms with Gasteiger partial charge in [-0.3, -0.25) is 24.7 Å². The third kappa shape index (κ3) is 3.16. The highest BCUT2D eigenvalue weighted by Gasteiger charge is 2.34. The molecular formula is C23H22N4O5. The van der Waals surface area contributed by atoms with E-state index in [1.807, 2.05) is 0 Å². The van der Waals surface area contributed by atoms with Gasteiger partial charge in [0.25, 0.3) is 11.2 Å². The van der Waals surface area contributed by atoms with Gasteiger partial charge in [0, 0.05) is 24.1 Å². The number of rotatable bonds is 6. The normalized spacial score (nSPS) is 15.2. The lowest BCUT2D eigenvalue weighted by atomic mass is 10.0. The van der Waals surface area contributed by atoms with Crippen molar-refractivity contribution < 1.29 is 14.5 Å². The Bertz CT molecular complexity index is 1320. The monoisotopic (exact) mass is 434 g/mol. The van der Waals surface area contributed by atoms with Crippen molar-refractivity contribution in [2.24, 2.45) is 0 Å². The molecule has 9 nitrogen and oxygen atoms in total. The number of nitro groups is 1. The van der Waals surface area contributed by atoms with Gasteiger partial charge < -0.3 is 14.2 Å². The number of pyridine rings is 2. The van der Waals surface area contributed by atoms with Crippen LogP contribution in [0.4, 0.5) is 5.69 Å². The summed E-state index contributed by atoms with van der Waals surface area (Å²) in [5.74, 6) is 0.196. The van der Waals surface area contributed by atoms with Crippen LogP contribution in [0.5, 0.6) is 5.75 Å². The molecule has 1 fully saturated rings. The number of fused-ring (bicyclic) bond motifs is 5. The Morgan fingerprint density at radius 3 is 2.62 bits per heavy atom. The fourth-order valence-corrected chi connectivity index (χ4v) is 4.75. The van der Waals surface area contributed by atoms with Crippen molar-refractivity contribution in [2.45, 2.75) is 25.8 Å². The number of hydrogen-bond acceptors (Lipinski definition) is 7. The van der Waals surface area contributed by atoms with E-state index in [0.717, 1.165) is 26.1 Å². The molecule has 9 heteroatoms. The maximum Gasteiger partial charge on any atom is 0.270 e. The first-order valence-corrected chi connectivity index (χ1v) is 10.7. The van der Waals surface area contributed by atoms with Crippen LogP contribution in [0, 0.1) is 10.1 Å². The molecule has 3 aromatic rings. The van der Waals surface area contributed by atoms with Crippen LogP contribution in [0.3, 0.4) is 0 Å². The molecule has 0 unspecified atom stereocenters. The van der Waals surface area contributed by atoms with Gasteiger partial charge in [-0.15, -0.1) is 0 Å². The first kappa shape index (κ1) is 20.3. The number of aromatic nitrogens is 2. The van der Waals surface area contributed by atoms with Gasteiger partial charge in [-0.05, 0) is 51.0 Å². The second-order valence-electron chi connectivity index (χ2n) is 8.17. The van der Waals surface area contributed by atoms with Gasteiger partial charge in [0.1, 0.15) is 5.75 Å². The summed E-state index contributed by atoms with van der Waals surface area (Å²) >= 11 is 0. The molecule has 0 spiro atoms. The third-order valence-electron chi connectivity index (χ3n) is 6.31. The van der Waals surface area contributed by atoms with E-state index >= 15 is 0 Å². The van der Waals surface area contributed by atoms with E-state index in [-0.39, 0.29) is 22.4 Å². The summed E-state index contributed by atoms with van der Waals surface area (Å²) < 4.78 is 6.80. The highest BCUT2D eigenvalue weighted by atomic mass is 16.6. The molecule has 164 valence electrons. The molecule has 3 heterocycles. The average molecular weight is 434 g/mol. The molecule has 0 bridgehead atoms. The van der Waals surface area contributed by atoms with E-state index in [2.05, 4.69) is 9.88 Å². The van der Waals surface area contributed by atoms with Crippen molar-refractivity contribution >= 4 is 22.2 Å². The minimum Gasteiger partial charge on any atom is -0.495 e. The van der Waals surface area contributed by atoms with E-state index in [1.54, 1.807) is 10.6 Å². The molecule has 0 atom stereocenters. The van der Waals surface area contributed by atoms with Gasteiger partial charge in [0.2, 0.25) is 0 Å². The molecule has 2 aromatic heterocycles. The standard InChI is InChI=1S/C23H22N4O5/c1-32-15-12-18-20(24-13-15)21-19(22(18)28)16-6-5-14(27(30)31)11-17(16)23(29)26(21)10-4-9-25-7-2-3-8-25/h5-6,11-13H,2-4,7-10H2,1H3. The molecule has 1 saturated heterocycles. The summed E-state index contributed by atoms with van der Waals surface area (Å²) in [7, 11) is 1.50. The van der Waals surface area contributed by atoms with Crippen molar-refractivity contribution in [3.8, 4) is 17.1 Å². The number of hydrogen-bond donors (Lipinski definition) is 0. The summed E-state index contributed by atoms with van der Waals surface area (Å²) in [6.07, 6.45) is 4.62. The molecule has 0 amide bonds. The van der Waals surface area contributed by atoms with Gasteiger partial charge in [-0.1, -0.05) is 0 Å². The van der Waals surface area contributed by atoms with E-state index < -0.39 is 4.92 Å². The van der Waals surface area contributed by atoms with Crippen LogP contribution < -0.4 is 10.3 Å². The number of ether oxygens (including phenoxy) is 1. The van der Waals surface area contributed by atoms with E-state index in [9.17, 15) is 19.7 Å². The Hall–Kier alpha value is -3.59. The Morgan fingerprint density at radius 1 is 1.12 bits per heavy atom. The predicted molar refractivity (Wildman–Crippen MR) is 118 cm³/mol. The van der Waals surface area contributed by atoms with Crippen LogP contribution in [0.2, 0.25) is 0 Å². The van der Waals surface area contributed by atoms with Gasteiger partial charge in [-0.25, -0.2) is 0 Å². The summed E-state index contributed by atoms with van der Waals surface area (Å²) in [6.45, 7) is 3.36. The zero-order chi connectivity index (χ0) is 22.4. The van der Waals surface area contributed by atoms with E-state index in [1.165, 1.54) is 44.3 Å². The minimum absolute atomic E-state index is 0.173. The van der Waals surface area contributed by atoms with Crippen LogP contribution in [-0.4, -0.2) is 51.9 Å². The number of likely N-dealkylation sites (tertiary alicyclic amines) is 1.